The molecule has 0 atom stereocenters. The number of hydrogen-bond acceptors (Lipinski definition) is 3. The van der Waals surface area contributed by atoms with Gasteiger partial charge in [0.1, 0.15) is 0 Å². The maximum Gasteiger partial charge on any atom is 0.335 e. The van der Waals surface area contributed by atoms with E-state index in [9.17, 15) is 9.59 Å². The average molecular weight is 383 g/mol. The maximum atomic E-state index is 12.2. The first-order chi connectivity index (χ1) is 11.3. The van der Waals surface area contributed by atoms with Crippen LogP contribution in [0.1, 0.15) is 26.3 Å². The third-order valence-electron chi connectivity index (χ3n) is 3.14. The minimum Gasteiger partial charge on any atom is -0.478 e. The molecule has 124 valence electrons. The smallest absolute Gasteiger partial charge is 0.335 e. The average Bonchev–Trinajstić information content (AvgIpc) is 2.48. The third kappa shape index (κ3) is 4.44. The Morgan fingerprint density at radius 2 is 1.83 bits per heavy atom. The van der Waals surface area contributed by atoms with Crippen molar-refractivity contribution in [1.82, 2.24) is 5.32 Å². The Hall–Kier alpha value is -2.15. The number of carbonyl (C=O) groups excluding carboxylic acids is 1. The van der Waals surface area contributed by atoms with E-state index in [2.05, 4.69) is 10.6 Å². The molecule has 3 N–H and O–H groups in total. The minimum absolute atomic E-state index is 0.0247. The number of carboxylic acid groups (broad SMARTS) is 1. The van der Waals surface area contributed by atoms with Gasteiger partial charge in [-0.2, -0.15) is 0 Å². The highest BCUT2D eigenvalue weighted by Crippen LogP contribution is 2.21. The van der Waals surface area contributed by atoms with Crippen molar-refractivity contribution in [3.63, 3.8) is 0 Å². The number of halogens is 2. The monoisotopic (exact) mass is 382 g/mol. The molecule has 24 heavy (non-hydrogen) atoms. The molecule has 1 amide bonds. The highest BCUT2D eigenvalue weighted by Gasteiger charge is 2.13. The SMILES string of the molecule is Cc1ccc(C(=O)O)cc1NC(=S)NC(=O)c1ccc(Cl)cc1Cl. The quantitative estimate of drug-likeness (QED) is 0.695. The summed E-state index contributed by atoms with van der Waals surface area (Å²) >= 11 is 16.9. The third-order valence-corrected chi connectivity index (χ3v) is 3.89. The molecule has 2 aromatic rings. The van der Waals surface area contributed by atoms with Crippen LogP contribution in [0.4, 0.5) is 5.69 Å². The van der Waals surface area contributed by atoms with E-state index >= 15 is 0 Å². The number of anilines is 1. The number of hydrogen-bond donors (Lipinski definition) is 3. The Kier molecular flexibility index (Phi) is 5.77. The van der Waals surface area contributed by atoms with Crippen molar-refractivity contribution >= 4 is 58.1 Å². The van der Waals surface area contributed by atoms with Crippen LogP contribution in [0.15, 0.2) is 36.4 Å². The summed E-state index contributed by atoms with van der Waals surface area (Å²) in [5.74, 6) is -1.55. The van der Waals surface area contributed by atoms with Crippen molar-refractivity contribution < 1.29 is 14.7 Å². The van der Waals surface area contributed by atoms with E-state index < -0.39 is 11.9 Å². The first kappa shape index (κ1) is 18.2. The van der Waals surface area contributed by atoms with Crippen LogP contribution in [0.2, 0.25) is 10.0 Å². The fourth-order valence-corrected chi connectivity index (χ4v) is 2.58. The Morgan fingerprint density at radius 3 is 2.46 bits per heavy atom. The van der Waals surface area contributed by atoms with Crippen LogP contribution >= 0.6 is 35.4 Å². The van der Waals surface area contributed by atoms with Crippen LogP contribution in [-0.2, 0) is 0 Å². The summed E-state index contributed by atoms with van der Waals surface area (Å²) in [7, 11) is 0. The van der Waals surface area contributed by atoms with E-state index in [4.69, 9.17) is 40.5 Å². The van der Waals surface area contributed by atoms with Crippen molar-refractivity contribution in [2.75, 3.05) is 5.32 Å². The number of amides is 1. The molecule has 0 radical (unpaired) electrons. The molecule has 0 aliphatic carbocycles. The molecule has 0 aromatic heterocycles. The molecule has 5 nitrogen and oxygen atoms in total. The number of aromatic carboxylic acids is 1. The zero-order chi connectivity index (χ0) is 17.9. The van der Waals surface area contributed by atoms with Gasteiger partial charge in [-0.3, -0.25) is 10.1 Å². The van der Waals surface area contributed by atoms with Crippen LogP contribution in [0.5, 0.6) is 0 Å². The molecular formula is C16H12Cl2N2O3S. The lowest BCUT2D eigenvalue weighted by molar-refractivity contribution is 0.0696. The highest BCUT2D eigenvalue weighted by molar-refractivity contribution is 7.80. The predicted molar refractivity (Wildman–Crippen MR) is 98.3 cm³/mol. The van der Waals surface area contributed by atoms with E-state index in [-0.39, 0.29) is 21.3 Å². The van der Waals surface area contributed by atoms with Crippen molar-refractivity contribution in [2.24, 2.45) is 0 Å². The summed E-state index contributed by atoms with van der Waals surface area (Å²) in [6.07, 6.45) is 0. The zero-order valence-corrected chi connectivity index (χ0v) is 14.7. The molecule has 2 rings (SSSR count). The van der Waals surface area contributed by atoms with Crippen LogP contribution in [0, 0.1) is 6.92 Å². The summed E-state index contributed by atoms with van der Waals surface area (Å²) in [5, 5.41) is 15.0. The van der Waals surface area contributed by atoms with Gasteiger partial charge in [-0.25, -0.2) is 4.79 Å². The van der Waals surface area contributed by atoms with Crippen LogP contribution in [0.25, 0.3) is 0 Å². The second-order valence-corrected chi connectivity index (χ2v) is 6.12. The Bertz CT molecular complexity index is 840. The standard InChI is InChI=1S/C16H12Cl2N2O3S/c1-8-2-3-9(15(22)23)6-13(8)19-16(24)20-14(21)11-5-4-10(17)7-12(11)18/h2-7H,1H3,(H,22,23)(H2,19,20,21,24). The molecule has 0 fully saturated rings. The maximum absolute atomic E-state index is 12.2. The highest BCUT2D eigenvalue weighted by atomic mass is 35.5. The second-order valence-electron chi connectivity index (χ2n) is 4.87. The van der Waals surface area contributed by atoms with Gasteiger partial charge in [0.25, 0.3) is 5.91 Å². The molecule has 0 spiro atoms. The van der Waals surface area contributed by atoms with Gasteiger partial charge in [-0.1, -0.05) is 29.3 Å². The van der Waals surface area contributed by atoms with E-state index in [1.54, 1.807) is 19.1 Å². The van der Waals surface area contributed by atoms with Crippen LogP contribution in [-0.4, -0.2) is 22.1 Å². The van der Waals surface area contributed by atoms with Gasteiger partial charge < -0.3 is 10.4 Å². The van der Waals surface area contributed by atoms with Gasteiger partial charge in [0, 0.05) is 10.7 Å². The summed E-state index contributed by atoms with van der Waals surface area (Å²) in [4.78, 5) is 23.2. The molecule has 0 aliphatic rings. The van der Waals surface area contributed by atoms with Gasteiger partial charge in [-0.05, 0) is 55.0 Å². The summed E-state index contributed by atoms with van der Waals surface area (Å²) < 4.78 is 0. The molecule has 0 aliphatic heterocycles. The van der Waals surface area contributed by atoms with Crippen molar-refractivity contribution in [3.8, 4) is 0 Å². The lowest BCUT2D eigenvalue weighted by Gasteiger charge is -2.13. The van der Waals surface area contributed by atoms with E-state index in [0.717, 1.165) is 5.56 Å². The van der Waals surface area contributed by atoms with Crippen molar-refractivity contribution in [2.45, 2.75) is 6.92 Å². The predicted octanol–water partition coefficient (Wildman–Crippen LogP) is 4.13. The zero-order valence-electron chi connectivity index (χ0n) is 12.4. The van der Waals surface area contributed by atoms with Gasteiger partial charge in [0.15, 0.2) is 5.11 Å². The number of carboxylic acids is 1. The van der Waals surface area contributed by atoms with Gasteiger partial charge in [0.2, 0.25) is 0 Å². The first-order valence-electron chi connectivity index (χ1n) is 6.69. The molecule has 8 heteroatoms. The minimum atomic E-state index is -1.05. The van der Waals surface area contributed by atoms with Crippen LogP contribution < -0.4 is 10.6 Å². The number of rotatable bonds is 3. The molecule has 0 saturated carbocycles. The molecule has 0 saturated heterocycles. The summed E-state index contributed by atoms with van der Waals surface area (Å²) in [6, 6.07) is 9.04. The normalized spacial score (nSPS) is 10.1. The lowest BCUT2D eigenvalue weighted by atomic mass is 10.1. The van der Waals surface area contributed by atoms with Crippen molar-refractivity contribution in [3.05, 3.63) is 63.1 Å². The van der Waals surface area contributed by atoms with E-state index in [0.29, 0.717) is 10.7 Å². The number of nitrogens with one attached hydrogen (secondary N) is 2. The molecule has 2 aromatic carbocycles. The summed E-state index contributed by atoms with van der Waals surface area (Å²) in [6.45, 7) is 1.79. The fourth-order valence-electron chi connectivity index (χ4n) is 1.89. The largest absolute Gasteiger partial charge is 0.478 e. The van der Waals surface area contributed by atoms with Gasteiger partial charge >= 0.3 is 5.97 Å². The van der Waals surface area contributed by atoms with Crippen LogP contribution in [0.3, 0.4) is 0 Å². The molecular weight excluding hydrogens is 371 g/mol. The Balaban J connectivity index is 2.12. The number of thiocarbonyl (C=S) groups is 1. The fraction of sp³-hybridized carbons (Fsp3) is 0.0625. The molecule has 0 heterocycles. The summed E-state index contributed by atoms with van der Waals surface area (Å²) in [5.41, 5.74) is 1.60. The molecule has 0 bridgehead atoms. The van der Waals surface area contributed by atoms with E-state index in [1.807, 2.05) is 0 Å². The van der Waals surface area contributed by atoms with Gasteiger partial charge in [-0.15, -0.1) is 0 Å². The number of benzene rings is 2. The number of aryl methyl sites for hydroxylation is 1. The first-order valence-corrected chi connectivity index (χ1v) is 7.85. The second kappa shape index (κ2) is 7.61. The van der Waals surface area contributed by atoms with E-state index in [1.165, 1.54) is 24.3 Å². The Labute approximate surface area is 153 Å². The lowest BCUT2D eigenvalue weighted by Crippen LogP contribution is -2.34. The molecule has 0 unspecified atom stereocenters. The van der Waals surface area contributed by atoms with Crippen molar-refractivity contribution in [1.29, 1.82) is 0 Å². The number of carbonyl (C=O) groups is 2. The van der Waals surface area contributed by atoms with Gasteiger partial charge in [0.05, 0.1) is 16.1 Å². The topological polar surface area (TPSA) is 78.4 Å². The Morgan fingerprint density at radius 1 is 1.12 bits per heavy atom.